The third-order valence-electron chi connectivity index (χ3n) is 4.09. The summed E-state index contributed by atoms with van der Waals surface area (Å²) in [6.45, 7) is 8.19. The highest BCUT2D eigenvalue weighted by Crippen LogP contribution is 2.21. The summed E-state index contributed by atoms with van der Waals surface area (Å²) in [6.07, 6.45) is 1.16. The number of hydrogen-bond acceptors (Lipinski definition) is 2. The Morgan fingerprint density at radius 1 is 1.53 bits per heavy atom. The second-order valence-corrected chi connectivity index (χ2v) is 6.28. The molecule has 106 valence electrons. The summed E-state index contributed by atoms with van der Waals surface area (Å²) in [5, 5.41) is 3.45. The van der Waals surface area contributed by atoms with Gasteiger partial charge in [-0.15, -0.1) is 0 Å². The lowest BCUT2D eigenvalue weighted by Gasteiger charge is -2.39. The third-order valence-corrected chi connectivity index (χ3v) is 4.58. The van der Waals surface area contributed by atoms with Crippen molar-refractivity contribution in [1.29, 1.82) is 0 Å². The van der Waals surface area contributed by atoms with Gasteiger partial charge in [0.15, 0.2) is 0 Å². The van der Waals surface area contributed by atoms with Gasteiger partial charge in [0.05, 0.1) is 0 Å². The van der Waals surface area contributed by atoms with Crippen LogP contribution in [0.5, 0.6) is 0 Å². The van der Waals surface area contributed by atoms with E-state index in [1.54, 1.807) is 6.07 Å². The van der Waals surface area contributed by atoms with E-state index in [1.165, 1.54) is 0 Å². The lowest BCUT2D eigenvalue weighted by Crippen LogP contribution is -2.53. The lowest BCUT2D eigenvalue weighted by molar-refractivity contribution is 0.108. The van der Waals surface area contributed by atoms with Crippen molar-refractivity contribution in [2.75, 3.05) is 19.6 Å². The highest BCUT2D eigenvalue weighted by molar-refractivity contribution is 9.10. The number of rotatable bonds is 4. The van der Waals surface area contributed by atoms with Crippen molar-refractivity contribution in [1.82, 2.24) is 10.2 Å². The van der Waals surface area contributed by atoms with Gasteiger partial charge in [-0.1, -0.05) is 42.3 Å². The first-order valence-electron chi connectivity index (χ1n) is 7.00. The average Bonchev–Trinajstić information content (AvgIpc) is 2.41. The fourth-order valence-corrected chi connectivity index (χ4v) is 3.00. The van der Waals surface area contributed by atoms with Gasteiger partial charge >= 0.3 is 0 Å². The van der Waals surface area contributed by atoms with Gasteiger partial charge in [0.1, 0.15) is 5.82 Å². The molecule has 1 saturated heterocycles. The van der Waals surface area contributed by atoms with E-state index in [-0.39, 0.29) is 5.82 Å². The number of nitrogens with one attached hydrogen (secondary N) is 1. The van der Waals surface area contributed by atoms with E-state index < -0.39 is 0 Å². The Morgan fingerprint density at radius 2 is 2.32 bits per heavy atom. The second kappa shape index (κ2) is 6.82. The van der Waals surface area contributed by atoms with Crippen LogP contribution in [-0.4, -0.2) is 30.6 Å². The Bertz CT molecular complexity index is 425. The zero-order valence-corrected chi connectivity index (χ0v) is 13.2. The van der Waals surface area contributed by atoms with Crippen LogP contribution in [0.2, 0.25) is 0 Å². The van der Waals surface area contributed by atoms with Crippen molar-refractivity contribution in [3.05, 3.63) is 34.1 Å². The average molecular weight is 329 g/mol. The zero-order valence-electron chi connectivity index (χ0n) is 11.6. The van der Waals surface area contributed by atoms with Crippen LogP contribution >= 0.6 is 15.9 Å². The molecule has 0 saturated carbocycles. The summed E-state index contributed by atoms with van der Waals surface area (Å²) in [4.78, 5) is 2.41. The molecule has 1 aromatic rings. The van der Waals surface area contributed by atoms with Crippen LogP contribution in [-0.2, 0) is 6.54 Å². The van der Waals surface area contributed by atoms with Crippen LogP contribution in [0.1, 0.15) is 25.8 Å². The van der Waals surface area contributed by atoms with E-state index in [4.69, 9.17) is 0 Å². The van der Waals surface area contributed by atoms with Gasteiger partial charge < -0.3 is 5.32 Å². The summed E-state index contributed by atoms with van der Waals surface area (Å²) in [5.41, 5.74) is 0.790. The quantitative estimate of drug-likeness (QED) is 0.911. The van der Waals surface area contributed by atoms with Crippen LogP contribution < -0.4 is 5.32 Å². The molecule has 0 radical (unpaired) electrons. The third kappa shape index (κ3) is 3.77. The smallest absolute Gasteiger partial charge is 0.128 e. The summed E-state index contributed by atoms with van der Waals surface area (Å²) < 4.78 is 14.7. The molecule has 19 heavy (non-hydrogen) atoms. The first-order chi connectivity index (χ1) is 9.11. The molecule has 2 nitrogen and oxygen atoms in total. The highest BCUT2D eigenvalue weighted by atomic mass is 79.9. The predicted molar refractivity (Wildman–Crippen MR) is 80.6 cm³/mol. The molecule has 2 rings (SSSR count). The maximum absolute atomic E-state index is 13.9. The van der Waals surface area contributed by atoms with Crippen molar-refractivity contribution >= 4 is 15.9 Å². The number of nitrogens with zero attached hydrogens (tertiary/aromatic N) is 1. The zero-order chi connectivity index (χ0) is 13.8. The SMILES string of the molecule is CCC(C)C1CNCCN1Cc1ccc(Br)cc1F. The summed E-state index contributed by atoms with van der Waals surface area (Å²) in [6, 6.07) is 5.85. The van der Waals surface area contributed by atoms with Crippen molar-refractivity contribution in [2.24, 2.45) is 5.92 Å². The molecular weight excluding hydrogens is 307 g/mol. The molecular formula is C15H22BrFN2. The molecule has 0 aromatic heterocycles. The van der Waals surface area contributed by atoms with Crippen LogP contribution in [0.3, 0.4) is 0 Å². The molecule has 0 aliphatic carbocycles. The molecule has 1 N–H and O–H groups in total. The standard InChI is InChI=1S/C15H22BrFN2/c1-3-11(2)15-9-18-6-7-19(15)10-12-4-5-13(16)8-14(12)17/h4-5,8,11,15,18H,3,6-7,9-10H2,1-2H3. The molecule has 2 unspecified atom stereocenters. The maximum Gasteiger partial charge on any atom is 0.128 e. The largest absolute Gasteiger partial charge is 0.314 e. The Labute approximate surface area is 123 Å². The van der Waals surface area contributed by atoms with E-state index in [0.29, 0.717) is 18.5 Å². The van der Waals surface area contributed by atoms with Crippen LogP contribution in [0.25, 0.3) is 0 Å². The Hall–Kier alpha value is -0.450. The number of benzene rings is 1. The van der Waals surface area contributed by atoms with Gasteiger partial charge in [0, 0.05) is 42.3 Å². The number of halogens is 2. The fraction of sp³-hybridized carbons (Fsp3) is 0.600. The van der Waals surface area contributed by atoms with Crippen molar-refractivity contribution in [3.8, 4) is 0 Å². The Balaban J connectivity index is 2.10. The molecule has 0 bridgehead atoms. The van der Waals surface area contributed by atoms with Crippen LogP contribution in [0.15, 0.2) is 22.7 Å². The molecule has 1 aromatic carbocycles. The molecule has 1 fully saturated rings. The molecule has 1 heterocycles. The van der Waals surface area contributed by atoms with Crippen molar-refractivity contribution < 1.29 is 4.39 Å². The van der Waals surface area contributed by atoms with Gasteiger partial charge in [-0.25, -0.2) is 4.39 Å². The van der Waals surface area contributed by atoms with Crippen LogP contribution in [0, 0.1) is 11.7 Å². The number of hydrogen-bond donors (Lipinski definition) is 1. The Kier molecular flexibility index (Phi) is 5.37. The number of piperazine rings is 1. The van der Waals surface area contributed by atoms with E-state index in [1.807, 2.05) is 12.1 Å². The lowest BCUT2D eigenvalue weighted by atomic mass is 9.95. The van der Waals surface area contributed by atoms with Crippen LogP contribution in [0.4, 0.5) is 4.39 Å². The highest BCUT2D eigenvalue weighted by Gasteiger charge is 2.26. The first kappa shape index (κ1) is 14.9. The summed E-state index contributed by atoms with van der Waals surface area (Å²) in [5.74, 6) is 0.516. The second-order valence-electron chi connectivity index (χ2n) is 5.36. The normalized spacial score (nSPS) is 22.4. The van der Waals surface area contributed by atoms with Gasteiger partial charge in [0.25, 0.3) is 0 Å². The molecule has 1 aliphatic heterocycles. The predicted octanol–water partition coefficient (Wildman–Crippen LogP) is 3.41. The summed E-state index contributed by atoms with van der Waals surface area (Å²) >= 11 is 3.30. The minimum Gasteiger partial charge on any atom is -0.314 e. The molecule has 2 atom stereocenters. The first-order valence-corrected chi connectivity index (χ1v) is 7.79. The fourth-order valence-electron chi connectivity index (χ4n) is 2.67. The Morgan fingerprint density at radius 3 is 3.00 bits per heavy atom. The van der Waals surface area contributed by atoms with E-state index >= 15 is 0 Å². The minimum absolute atomic E-state index is 0.115. The van der Waals surface area contributed by atoms with Gasteiger partial charge in [-0.2, -0.15) is 0 Å². The maximum atomic E-state index is 13.9. The molecule has 1 aliphatic rings. The van der Waals surface area contributed by atoms with Crippen molar-refractivity contribution in [3.63, 3.8) is 0 Å². The molecule has 4 heteroatoms. The van der Waals surface area contributed by atoms with E-state index in [2.05, 4.69) is 40.0 Å². The molecule has 0 amide bonds. The van der Waals surface area contributed by atoms with E-state index in [9.17, 15) is 4.39 Å². The van der Waals surface area contributed by atoms with Crippen molar-refractivity contribution in [2.45, 2.75) is 32.9 Å². The molecule has 0 spiro atoms. The van der Waals surface area contributed by atoms with Gasteiger partial charge in [-0.05, 0) is 18.1 Å². The summed E-state index contributed by atoms with van der Waals surface area (Å²) in [7, 11) is 0. The van der Waals surface area contributed by atoms with E-state index in [0.717, 1.165) is 36.1 Å². The minimum atomic E-state index is -0.115. The topological polar surface area (TPSA) is 15.3 Å². The van der Waals surface area contributed by atoms with Gasteiger partial charge in [-0.3, -0.25) is 4.90 Å². The monoisotopic (exact) mass is 328 g/mol. The van der Waals surface area contributed by atoms with Gasteiger partial charge in [0.2, 0.25) is 0 Å².